The van der Waals surface area contributed by atoms with Crippen LogP contribution in [0.25, 0.3) is 0 Å². The molecule has 3 nitrogen and oxygen atoms in total. The Morgan fingerprint density at radius 3 is 2.31 bits per heavy atom. The number of hydrogen-bond donors (Lipinski definition) is 1. The average molecular weight is 205 g/mol. The molecule has 1 fully saturated rings. The highest BCUT2D eigenvalue weighted by atomic mass is 32.2. The van der Waals surface area contributed by atoms with E-state index in [1.807, 2.05) is 0 Å². The molecule has 1 saturated carbocycles. The summed E-state index contributed by atoms with van der Waals surface area (Å²) in [5.41, 5.74) is 5.53. The summed E-state index contributed by atoms with van der Waals surface area (Å²) in [4.78, 5) is 0. The molecule has 13 heavy (non-hydrogen) atoms. The van der Waals surface area contributed by atoms with Gasteiger partial charge < -0.3 is 5.73 Å². The SMILES string of the molecule is CCCC1CC(CN)(S(C)(=O)=O)C1. The van der Waals surface area contributed by atoms with Gasteiger partial charge in [0.05, 0.1) is 4.75 Å². The van der Waals surface area contributed by atoms with Gasteiger partial charge in [-0.05, 0) is 18.8 Å². The van der Waals surface area contributed by atoms with E-state index in [0.717, 1.165) is 25.7 Å². The Morgan fingerprint density at radius 1 is 1.46 bits per heavy atom. The Balaban J connectivity index is 2.61. The van der Waals surface area contributed by atoms with E-state index in [0.29, 0.717) is 5.92 Å². The highest BCUT2D eigenvalue weighted by Crippen LogP contribution is 2.44. The van der Waals surface area contributed by atoms with E-state index in [4.69, 9.17) is 5.73 Å². The van der Waals surface area contributed by atoms with E-state index in [-0.39, 0.29) is 6.54 Å². The molecule has 1 rings (SSSR count). The molecule has 0 amide bonds. The van der Waals surface area contributed by atoms with Crippen molar-refractivity contribution in [3.63, 3.8) is 0 Å². The van der Waals surface area contributed by atoms with Gasteiger partial charge in [-0.2, -0.15) is 0 Å². The Morgan fingerprint density at radius 2 is 2.00 bits per heavy atom. The van der Waals surface area contributed by atoms with Crippen molar-refractivity contribution in [2.45, 2.75) is 37.4 Å². The van der Waals surface area contributed by atoms with Crippen molar-refractivity contribution in [3.05, 3.63) is 0 Å². The lowest BCUT2D eigenvalue weighted by molar-refractivity contribution is 0.209. The molecule has 0 aliphatic heterocycles. The van der Waals surface area contributed by atoms with Gasteiger partial charge in [0.1, 0.15) is 0 Å². The second-order valence-electron chi connectivity index (χ2n) is 4.22. The zero-order valence-electron chi connectivity index (χ0n) is 8.41. The van der Waals surface area contributed by atoms with Crippen LogP contribution >= 0.6 is 0 Å². The normalized spacial score (nSPS) is 34.2. The lowest BCUT2D eigenvalue weighted by Crippen LogP contribution is -2.55. The molecule has 0 aromatic heterocycles. The second-order valence-corrected chi connectivity index (χ2v) is 6.63. The Labute approximate surface area is 80.6 Å². The summed E-state index contributed by atoms with van der Waals surface area (Å²) in [6, 6.07) is 0. The first kappa shape index (κ1) is 11.0. The molecule has 1 aliphatic carbocycles. The van der Waals surface area contributed by atoms with Crippen LogP contribution in [0.3, 0.4) is 0 Å². The maximum atomic E-state index is 11.4. The van der Waals surface area contributed by atoms with Crippen LogP contribution in [0.1, 0.15) is 32.6 Å². The molecule has 0 radical (unpaired) electrons. The van der Waals surface area contributed by atoms with Gasteiger partial charge in [-0.25, -0.2) is 8.42 Å². The van der Waals surface area contributed by atoms with Gasteiger partial charge in [0, 0.05) is 12.8 Å². The summed E-state index contributed by atoms with van der Waals surface area (Å²) in [5, 5.41) is 0. The Hall–Kier alpha value is -0.0900. The third kappa shape index (κ3) is 1.89. The van der Waals surface area contributed by atoms with Gasteiger partial charge in [0.25, 0.3) is 0 Å². The highest BCUT2D eigenvalue weighted by Gasteiger charge is 2.50. The van der Waals surface area contributed by atoms with Crippen molar-refractivity contribution >= 4 is 9.84 Å². The van der Waals surface area contributed by atoms with Crippen LogP contribution in [0.2, 0.25) is 0 Å². The van der Waals surface area contributed by atoms with Crippen molar-refractivity contribution in [2.75, 3.05) is 12.8 Å². The second kappa shape index (κ2) is 3.58. The van der Waals surface area contributed by atoms with Crippen molar-refractivity contribution in [1.29, 1.82) is 0 Å². The van der Waals surface area contributed by atoms with E-state index in [1.165, 1.54) is 6.26 Å². The summed E-state index contributed by atoms with van der Waals surface area (Å²) in [6.07, 6.45) is 5.13. The van der Waals surface area contributed by atoms with Gasteiger partial charge in [-0.15, -0.1) is 0 Å². The van der Waals surface area contributed by atoms with Crippen LogP contribution in [-0.2, 0) is 9.84 Å². The molecule has 0 aromatic rings. The largest absolute Gasteiger partial charge is 0.329 e. The smallest absolute Gasteiger partial charge is 0.154 e. The number of rotatable bonds is 4. The summed E-state index contributed by atoms with van der Waals surface area (Å²) >= 11 is 0. The Bertz CT molecular complexity index is 265. The first-order chi connectivity index (χ1) is 5.95. The summed E-state index contributed by atoms with van der Waals surface area (Å²) in [6.45, 7) is 2.41. The highest BCUT2D eigenvalue weighted by molar-refractivity contribution is 7.92. The lowest BCUT2D eigenvalue weighted by Gasteiger charge is -2.45. The van der Waals surface area contributed by atoms with Crippen LogP contribution in [0.4, 0.5) is 0 Å². The van der Waals surface area contributed by atoms with Gasteiger partial charge in [-0.1, -0.05) is 19.8 Å². The van der Waals surface area contributed by atoms with Crippen LogP contribution in [0.5, 0.6) is 0 Å². The van der Waals surface area contributed by atoms with E-state index < -0.39 is 14.6 Å². The monoisotopic (exact) mass is 205 g/mol. The zero-order chi connectivity index (χ0) is 10.1. The van der Waals surface area contributed by atoms with Crippen molar-refractivity contribution in [2.24, 2.45) is 11.7 Å². The minimum absolute atomic E-state index is 0.284. The van der Waals surface area contributed by atoms with Crippen LogP contribution < -0.4 is 5.73 Å². The zero-order valence-corrected chi connectivity index (χ0v) is 9.23. The summed E-state index contributed by atoms with van der Waals surface area (Å²) in [5.74, 6) is 0.586. The minimum Gasteiger partial charge on any atom is -0.329 e. The van der Waals surface area contributed by atoms with Gasteiger partial charge >= 0.3 is 0 Å². The first-order valence-corrected chi connectivity index (χ1v) is 6.74. The van der Waals surface area contributed by atoms with E-state index in [1.54, 1.807) is 0 Å². The third-order valence-electron chi connectivity index (χ3n) is 3.18. The van der Waals surface area contributed by atoms with E-state index in [9.17, 15) is 8.42 Å². The predicted molar refractivity (Wildman–Crippen MR) is 54.3 cm³/mol. The molecule has 0 saturated heterocycles. The van der Waals surface area contributed by atoms with Crippen LogP contribution in [-0.4, -0.2) is 26.0 Å². The maximum Gasteiger partial charge on any atom is 0.154 e. The maximum absolute atomic E-state index is 11.4. The summed E-state index contributed by atoms with van der Waals surface area (Å²) in [7, 11) is -2.95. The molecule has 0 atom stereocenters. The number of nitrogens with two attached hydrogens (primary N) is 1. The molecular formula is C9H19NO2S. The third-order valence-corrected chi connectivity index (χ3v) is 5.25. The van der Waals surface area contributed by atoms with Crippen LogP contribution in [0, 0.1) is 5.92 Å². The van der Waals surface area contributed by atoms with Crippen molar-refractivity contribution in [1.82, 2.24) is 0 Å². The van der Waals surface area contributed by atoms with Gasteiger partial charge in [0.2, 0.25) is 0 Å². The predicted octanol–water partition coefficient (Wildman–Crippen LogP) is 0.939. The molecular weight excluding hydrogens is 186 g/mol. The lowest BCUT2D eigenvalue weighted by atomic mass is 9.72. The molecule has 0 spiro atoms. The Kier molecular flexibility index (Phi) is 3.02. The summed E-state index contributed by atoms with van der Waals surface area (Å²) < 4.78 is 22.3. The molecule has 0 heterocycles. The fraction of sp³-hybridized carbons (Fsp3) is 1.00. The van der Waals surface area contributed by atoms with Gasteiger partial charge in [0.15, 0.2) is 9.84 Å². The fourth-order valence-electron chi connectivity index (χ4n) is 2.23. The average Bonchev–Trinajstić information content (AvgIpc) is 1.93. The van der Waals surface area contributed by atoms with E-state index in [2.05, 4.69) is 6.92 Å². The van der Waals surface area contributed by atoms with Gasteiger partial charge in [-0.3, -0.25) is 0 Å². The molecule has 2 N–H and O–H groups in total. The minimum atomic E-state index is -2.95. The molecule has 0 unspecified atom stereocenters. The molecule has 1 aliphatic rings. The number of hydrogen-bond acceptors (Lipinski definition) is 3. The first-order valence-electron chi connectivity index (χ1n) is 4.85. The topological polar surface area (TPSA) is 60.2 Å². The molecule has 0 bridgehead atoms. The standard InChI is InChI=1S/C9H19NO2S/c1-3-4-8-5-9(6-8,7-10)13(2,11)12/h8H,3-7,10H2,1-2H3. The molecule has 4 heteroatoms. The molecule has 0 aromatic carbocycles. The fourth-order valence-corrected chi connectivity index (χ4v) is 3.61. The number of sulfone groups is 1. The van der Waals surface area contributed by atoms with E-state index >= 15 is 0 Å². The van der Waals surface area contributed by atoms with Crippen LogP contribution in [0.15, 0.2) is 0 Å². The van der Waals surface area contributed by atoms with Crippen molar-refractivity contribution < 1.29 is 8.42 Å². The molecule has 78 valence electrons. The van der Waals surface area contributed by atoms with Crippen molar-refractivity contribution in [3.8, 4) is 0 Å². The quantitative estimate of drug-likeness (QED) is 0.743.